The lowest BCUT2D eigenvalue weighted by atomic mass is 9.98. The second-order valence-electron chi connectivity index (χ2n) is 11.1. The number of fused-ring (bicyclic) bond motifs is 1. The second-order valence-corrected chi connectivity index (χ2v) is 11.1. The Labute approximate surface area is 256 Å². The van der Waals surface area contributed by atoms with E-state index in [1.165, 1.54) is 19.3 Å². The normalized spacial score (nSPS) is 11.7. The van der Waals surface area contributed by atoms with Crippen LogP contribution in [0.4, 0.5) is 0 Å². The molecule has 226 valence electrons. The summed E-state index contributed by atoms with van der Waals surface area (Å²) < 4.78 is 17.0. The van der Waals surface area contributed by atoms with Crippen molar-refractivity contribution in [2.24, 2.45) is 0 Å². The van der Waals surface area contributed by atoms with Crippen LogP contribution < -0.4 is 9.47 Å². The van der Waals surface area contributed by atoms with Gasteiger partial charge in [0.15, 0.2) is 0 Å². The van der Waals surface area contributed by atoms with Crippen molar-refractivity contribution in [1.82, 2.24) is 0 Å². The van der Waals surface area contributed by atoms with E-state index in [2.05, 4.69) is 13.8 Å². The molecule has 4 aromatic carbocycles. The predicted molar refractivity (Wildman–Crippen MR) is 174 cm³/mol. The standard InChI is InChI=1S/C38H44O5/c1-4-6-8-10-24-41-35-21-18-30(19-22-35)29-12-14-31(15-13-29)38(40)43-36-23-20-33-26-32(16-17-34(33)27-36)28(3)37(39)42-25-11-9-7-5-2/h12-23,26-28H,4-11,24-25H2,1-3H3/t28-/m0/s1. The van der Waals surface area contributed by atoms with E-state index in [-0.39, 0.29) is 11.9 Å². The number of hydrogen-bond acceptors (Lipinski definition) is 5. The van der Waals surface area contributed by atoms with Crippen molar-refractivity contribution < 1.29 is 23.8 Å². The SMILES string of the molecule is CCCCCCOC(=O)[C@@H](C)c1ccc2cc(OC(=O)c3ccc(-c4ccc(OCCCCCC)cc4)cc3)ccc2c1. The van der Waals surface area contributed by atoms with Gasteiger partial charge in [0.2, 0.25) is 0 Å². The van der Waals surface area contributed by atoms with Crippen LogP contribution in [0.15, 0.2) is 84.9 Å². The zero-order chi connectivity index (χ0) is 30.4. The van der Waals surface area contributed by atoms with Crippen LogP contribution in [-0.4, -0.2) is 25.2 Å². The molecule has 0 aliphatic heterocycles. The van der Waals surface area contributed by atoms with Crippen molar-refractivity contribution in [3.05, 3.63) is 96.1 Å². The molecule has 0 radical (unpaired) electrons. The number of unbranched alkanes of at least 4 members (excludes halogenated alkanes) is 6. The zero-order valence-corrected chi connectivity index (χ0v) is 25.8. The number of benzene rings is 4. The van der Waals surface area contributed by atoms with Crippen molar-refractivity contribution in [3.8, 4) is 22.6 Å². The smallest absolute Gasteiger partial charge is 0.343 e. The molecule has 4 rings (SSSR count). The van der Waals surface area contributed by atoms with Crippen molar-refractivity contribution in [1.29, 1.82) is 0 Å². The molecule has 0 amide bonds. The maximum atomic E-state index is 12.9. The van der Waals surface area contributed by atoms with Gasteiger partial charge in [0.25, 0.3) is 0 Å². The molecule has 0 saturated heterocycles. The van der Waals surface area contributed by atoms with Gasteiger partial charge in [-0.25, -0.2) is 4.79 Å². The molecule has 0 heterocycles. The molecule has 0 bridgehead atoms. The average Bonchev–Trinajstić information content (AvgIpc) is 3.04. The Kier molecular flexibility index (Phi) is 12.2. The topological polar surface area (TPSA) is 61.8 Å². The maximum absolute atomic E-state index is 12.9. The zero-order valence-electron chi connectivity index (χ0n) is 25.8. The molecule has 0 aromatic heterocycles. The third kappa shape index (κ3) is 9.44. The Morgan fingerprint density at radius 2 is 1.21 bits per heavy atom. The second kappa shape index (κ2) is 16.5. The molecule has 4 aromatic rings. The summed E-state index contributed by atoms with van der Waals surface area (Å²) in [6.07, 6.45) is 9.03. The van der Waals surface area contributed by atoms with Crippen LogP contribution in [-0.2, 0) is 9.53 Å². The molecule has 5 nitrogen and oxygen atoms in total. The highest BCUT2D eigenvalue weighted by Gasteiger charge is 2.17. The van der Waals surface area contributed by atoms with Crippen LogP contribution in [0.3, 0.4) is 0 Å². The summed E-state index contributed by atoms with van der Waals surface area (Å²) in [5.74, 6) is 0.385. The molecule has 0 aliphatic carbocycles. The van der Waals surface area contributed by atoms with Gasteiger partial charge in [-0.15, -0.1) is 0 Å². The lowest BCUT2D eigenvalue weighted by Crippen LogP contribution is -2.14. The first kappa shape index (κ1) is 31.8. The number of hydrogen-bond donors (Lipinski definition) is 0. The van der Waals surface area contributed by atoms with Crippen molar-refractivity contribution in [2.45, 2.75) is 78.1 Å². The highest BCUT2D eigenvalue weighted by molar-refractivity contribution is 5.93. The van der Waals surface area contributed by atoms with E-state index >= 15 is 0 Å². The quantitative estimate of drug-likeness (QED) is 0.0750. The van der Waals surface area contributed by atoms with E-state index in [0.717, 1.165) is 71.9 Å². The first-order valence-corrected chi connectivity index (χ1v) is 15.7. The van der Waals surface area contributed by atoms with Gasteiger partial charge in [0, 0.05) is 0 Å². The van der Waals surface area contributed by atoms with Gasteiger partial charge in [-0.1, -0.05) is 101 Å². The van der Waals surface area contributed by atoms with Crippen molar-refractivity contribution in [2.75, 3.05) is 13.2 Å². The summed E-state index contributed by atoms with van der Waals surface area (Å²) in [5, 5.41) is 1.90. The molecule has 0 fully saturated rings. The number of esters is 2. The molecule has 1 atom stereocenters. The summed E-state index contributed by atoms with van der Waals surface area (Å²) >= 11 is 0. The number of ether oxygens (including phenoxy) is 3. The largest absolute Gasteiger partial charge is 0.494 e. The maximum Gasteiger partial charge on any atom is 0.343 e. The monoisotopic (exact) mass is 580 g/mol. The molecule has 0 saturated carbocycles. The molecule has 0 aliphatic rings. The summed E-state index contributed by atoms with van der Waals surface area (Å²) in [6, 6.07) is 26.9. The van der Waals surface area contributed by atoms with Gasteiger partial charge in [-0.2, -0.15) is 0 Å². The average molecular weight is 581 g/mol. The van der Waals surface area contributed by atoms with E-state index in [1.807, 2.05) is 73.7 Å². The summed E-state index contributed by atoms with van der Waals surface area (Å²) in [5.41, 5.74) is 3.46. The van der Waals surface area contributed by atoms with E-state index in [4.69, 9.17) is 14.2 Å². The van der Waals surface area contributed by atoms with Gasteiger partial charge < -0.3 is 14.2 Å². The van der Waals surface area contributed by atoms with E-state index < -0.39 is 5.97 Å². The minimum atomic E-state index is -0.412. The van der Waals surface area contributed by atoms with Crippen LogP contribution >= 0.6 is 0 Å². The van der Waals surface area contributed by atoms with Crippen molar-refractivity contribution in [3.63, 3.8) is 0 Å². The molecule has 0 spiro atoms. The number of carbonyl (C=O) groups is 2. The Hall–Kier alpha value is -4.12. The Morgan fingerprint density at radius 3 is 1.88 bits per heavy atom. The molecule has 0 unspecified atom stereocenters. The van der Waals surface area contributed by atoms with Crippen molar-refractivity contribution >= 4 is 22.7 Å². The highest BCUT2D eigenvalue weighted by atomic mass is 16.5. The third-order valence-electron chi connectivity index (χ3n) is 7.72. The van der Waals surface area contributed by atoms with Crippen LogP contribution in [0.25, 0.3) is 21.9 Å². The molecular weight excluding hydrogens is 536 g/mol. The van der Waals surface area contributed by atoms with Gasteiger partial charge in [0.1, 0.15) is 11.5 Å². The summed E-state index contributed by atoms with van der Waals surface area (Å²) in [7, 11) is 0. The lowest BCUT2D eigenvalue weighted by Gasteiger charge is -2.13. The van der Waals surface area contributed by atoms with Crippen LogP contribution in [0.2, 0.25) is 0 Å². The van der Waals surface area contributed by atoms with E-state index in [9.17, 15) is 9.59 Å². The summed E-state index contributed by atoms with van der Waals surface area (Å²) in [6.45, 7) is 7.44. The number of carbonyl (C=O) groups excluding carboxylic acids is 2. The minimum Gasteiger partial charge on any atom is -0.494 e. The van der Waals surface area contributed by atoms with Crippen LogP contribution in [0.5, 0.6) is 11.5 Å². The third-order valence-corrected chi connectivity index (χ3v) is 7.72. The van der Waals surface area contributed by atoms with Gasteiger partial charge in [-0.3, -0.25) is 4.79 Å². The van der Waals surface area contributed by atoms with E-state index in [1.54, 1.807) is 18.2 Å². The Bertz CT molecular complexity index is 1460. The fourth-order valence-corrected chi connectivity index (χ4v) is 4.97. The molecular formula is C38H44O5. The van der Waals surface area contributed by atoms with Gasteiger partial charge >= 0.3 is 11.9 Å². The molecule has 43 heavy (non-hydrogen) atoms. The fourth-order valence-electron chi connectivity index (χ4n) is 4.97. The minimum absolute atomic E-state index is 0.202. The predicted octanol–water partition coefficient (Wildman–Crippen LogP) is 9.91. The highest BCUT2D eigenvalue weighted by Crippen LogP contribution is 2.27. The van der Waals surface area contributed by atoms with Gasteiger partial charge in [-0.05, 0) is 83.6 Å². The first-order chi connectivity index (χ1) is 21.0. The fraction of sp³-hybridized carbons (Fsp3) is 0.368. The Balaban J connectivity index is 1.31. The lowest BCUT2D eigenvalue weighted by molar-refractivity contribution is -0.145. The van der Waals surface area contributed by atoms with Crippen LogP contribution in [0, 0.1) is 0 Å². The molecule has 5 heteroatoms. The first-order valence-electron chi connectivity index (χ1n) is 15.7. The Morgan fingerprint density at radius 1 is 0.628 bits per heavy atom. The van der Waals surface area contributed by atoms with Crippen LogP contribution in [0.1, 0.15) is 94.0 Å². The number of rotatable bonds is 16. The summed E-state index contributed by atoms with van der Waals surface area (Å²) in [4.78, 5) is 25.4. The van der Waals surface area contributed by atoms with E-state index in [0.29, 0.717) is 17.9 Å². The molecule has 0 N–H and O–H groups in total. The van der Waals surface area contributed by atoms with Gasteiger partial charge in [0.05, 0.1) is 24.7 Å².